The maximum Gasteiger partial charge on any atom is 0.264 e. The first kappa shape index (κ1) is 33.7. The average Bonchev–Trinajstić information content (AvgIpc) is 3.01. The van der Waals surface area contributed by atoms with E-state index < -0.39 is 28.5 Å². The summed E-state index contributed by atoms with van der Waals surface area (Å²) in [5.41, 5.74) is 2.04. The predicted molar refractivity (Wildman–Crippen MR) is 187 cm³/mol. The highest BCUT2D eigenvalue weighted by Gasteiger charge is 2.34. The largest absolute Gasteiger partial charge is 0.354 e. The first-order valence-corrected chi connectivity index (χ1v) is 17.5. The Morgan fingerprint density at radius 2 is 1.45 bits per heavy atom. The van der Waals surface area contributed by atoms with Crippen LogP contribution in [0.1, 0.15) is 25.0 Å². The summed E-state index contributed by atoms with van der Waals surface area (Å²) in [6, 6.07) is 31.2. The normalized spacial score (nSPS) is 12.0. The van der Waals surface area contributed by atoms with Crippen LogP contribution < -0.4 is 9.62 Å². The number of carbonyl (C=O) groups is 2. The van der Waals surface area contributed by atoms with Crippen LogP contribution in [0.2, 0.25) is 0 Å². The molecule has 0 unspecified atom stereocenters. The van der Waals surface area contributed by atoms with Crippen molar-refractivity contribution < 1.29 is 18.0 Å². The molecular formula is C34H35BrIN3O4S. The highest BCUT2D eigenvalue weighted by atomic mass is 127. The number of nitrogens with zero attached hydrogens (tertiary/aromatic N) is 2. The van der Waals surface area contributed by atoms with Gasteiger partial charge in [-0.3, -0.25) is 13.9 Å². The second-order valence-electron chi connectivity index (χ2n) is 10.8. The fourth-order valence-electron chi connectivity index (χ4n) is 4.66. The molecule has 0 saturated carbocycles. The molecule has 0 bridgehead atoms. The molecule has 0 spiro atoms. The van der Waals surface area contributed by atoms with Gasteiger partial charge >= 0.3 is 0 Å². The fraction of sp³-hybridized carbons (Fsp3) is 0.235. The summed E-state index contributed by atoms with van der Waals surface area (Å²) in [6.45, 7) is 4.07. The van der Waals surface area contributed by atoms with Gasteiger partial charge in [0.25, 0.3) is 10.0 Å². The molecule has 4 aromatic rings. The third kappa shape index (κ3) is 9.15. The maximum absolute atomic E-state index is 14.5. The van der Waals surface area contributed by atoms with Crippen molar-refractivity contribution in [2.75, 3.05) is 17.4 Å². The third-order valence-corrected chi connectivity index (χ3v) is 9.92. The van der Waals surface area contributed by atoms with E-state index in [-0.39, 0.29) is 29.7 Å². The molecule has 1 atom stereocenters. The number of sulfonamides is 1. The van der Waals surface area contributed by atoms with Crippen molar-refractivity contribution >= 4 is 66.0 Å². The number of carbonyl (C=O) groups excluding carboxylic acids is 2. The summed E-state index contributed by atoms with van der Waals surface area (Å²) in [5, 5.41) is 3.01. The van der Waals surface area contributed by atoms with Crippen LogP contribution in [0.3, 0.4) is 0 Å². The minimum Gasteiger partial charge on any atom is -0.354 e. The average molecular weight is 789 g/mol. The van der Waals surface area contributed by atoms with E-state index in [1.54, 1.807) is 42.5 Å². The second-order valence-corrected chi connectivity index (χ2v) is 14.8. The Morgan fingerprint density at radius 1 is 0.841 bits per heavy atom. The van der Waals surface area contributed by atoms with E-state index in [1.807, 2.05) is 68.4 Å². The summed E-state index contributed by atoms with van der Waals surface area (Å²) in [5.74, 6) is -0.584. The van der Waals surface area contributed by atoms with E-state index in [2.05, 4.69) is 43.8 Å². The third-order valence-electron chi connectivity index (χ3n) is 6.92. The summed E-state index contributed by atoms with van der Waals surface area (Å²) >= 11 is 5.66. The van der Waals surface area contributed by atoms with Gasteiger partial charge in [0.2, 0.25) is 11.8 Å². The van der Waals surface area contributed by atoms with Crippen molar-refractivity contribution in [3.8, 4) is 0 Å². The van der Waals surface area contributed by atoms with Crippen LogP contribution in [0.5, 0.6) is 0 Å². The van der Waals surface area contributed by atoms with Gasteiger partial charge in [0, 0.05) is 27.6 Å². The zero-order valence-electron chi connectivity index (χ0n) is 24.6. The molecule has 7 nitrogen and oxygen atoms in total. The number of anilines is 1. The van der Waals surface area contributed by atoms with Gasteiger partial charge in [-0.25, -0.2) is 8.42 Å². The standard InChI is InChI=1S/C34H35BrIN3O4S/c1-25(2)22-37-34(41)32(21-26-10-5-3-6-11-26)38(23-27-12-9-13-28(35)20-27)33(40)24-39(30-18-16-29(36)17-19-30)44(42,43)31-14-7-4-8-15-31/h3-20,25,32H,21-24H2,1-2H3,(H,37,41)/t32-/m1/s1. The second kappa shape index (κ2) is 15.7. The number of rotatable bonds is 13. The number of nitrogens with one attached hydrogen (secondary N) is 1. The molecular weight excluding hydrogens is 753 g/mol. The van der Waals surface area contributed by atoms with Crippen LogP contribution in [-0.4, -0.2) is 44.3 Å². The van der Waals surface area contributed by atoms with E-state index in [4.69, 9.17) is 0 Å². The lowest BCUT2D eigenvalue weighted by atomic mass is 10.0. The molecule has 4 aromatic carbocycles. The topological polar surface area (TPSA) is 86.8 Å². The summed E-state index contributed by atoms with van der Waals surface area (Å²) in [6.07, 6.45) is 0.263. The molecule has 230 valence electrons. The molecule has 0 aliphatic carbocycles. The van der Waals surface area contributed by atoms with Crippen molar-refractivity contribution in [1.29, 1.82) is 0 Å². The monoisotopic (exact) mass is 787 g/mol. The minimum atomic E-state index is -4.13. The van der Waals surface area contributed by atoms with Crippen molar-refractivity contribution in [3.05, 3.63) is 128 Å². The van der Waals surface area contributed by atoms with Crippen molar-refractivity contribution in [2.24, 2.45) is 5.92 Å². The first-order chi connectivity index (χ1) is 21.0. The van der Waals surface area contributed by atoms with Crippen LogP contribution in [0.4, 0.5) is 5.69 Å². The van der Waals surface area contributed by atoms with Gasteiger partial charge in [0.15, 0.2) is 0 Å². The Kier molecular flexibility index (Phi) is 12.0. The molecule has 0 aliphatic rings. The zero-order chi connectivity index (χ0) is 31.7. The summed E-state index contributed by atoms with van der Waals surface area (Å²) < 4.78 is 30.9. The van der Waals surface area contributed by atoms with Crippen molar-refractivity contribution in [2.45, 2.75) is 37.8 Å². The van der Waals surface area contributed by atoms with Gasteiger partial charge in [-0.1, -0.05) is 90.4 Å². The lowest BCUT2D eigenvalue weighted by molar-refractivity contribution is -0.140. The van der Waals surface area contributed by atoms with Crippen LogP contribution in [0.25, 0.3) is 0 Å². The van der Waals surface area contributed by atoms with Gasteiger partial charge in [-0.15, -0.1) is 0 Å². The first-order valence-electron chi connectivity index (χ1n) is 14.2. The van der Waals surface area contributed by atoms with Crippen LogP contribution in [-0.2, 0) is 32.6 Å². The molecule has 0 saturated heterocycles. The Hall–Kier alpha value is -3.22. The Morgan fingerprint density at radius 3 is 2.07 bits per heavy atom. The number of amides is 2. The molecule has 0 heterocycles. The Labute approximate surface area is 282 Å². The number of hydrogen-bond donors (Lipinski definition) is 1. The lowest BCUT2D eigenvalue weighted by Crippen LogP contribution is -2.53. The molecule has 0 aromatic heterocycles. The van der Waals surface area contributed by atoms with Crippen molar-refractivity contribution in [1.82, 2.24) is 10.2 Å². The molecule has 10 heteroatoms. The van der Waals surface area contributed by atoms with Gasteiger partial charge in [0.05, 0.1) is 10.6 Å². The highest BCUT2D eigenvalue weighted by Crippen LogP contribution is 2.26. The highest BCUT2D eigenvalue weighted by molar-refractivity contribution is 14.1. The molecule has 1 N–H and O–H groups in total. The van der Waals surface area contributed by atoms with E-state index in [1.165, 1.54) is 17.0 Å². The van der Waals surface area contributed by atoms with E-state index in [0.717, 1.165) is 23.5 Å². The van der Waals surface area contributed by atoms with Gasteiger partial charge in [0.1, 0.15) is 12.6 Å². The van der Waals surface area contributed by atoms with Crippen molar-refractivity contribution in [3.63, 3.8) is 0 Å². The SMILES string of the molecule is CC(C)CNC(=O)[C@@H](Cc1ccccc1)N(Cc1cccc(Br)c1)C(=O)CN(c1ccc(I)cc1)S(=O)(=O)c1ccccc1. The molecule has 2 amide bonds. The molecule has 0 aliphatic heterocycles. The van der Waals surface area contributed by atoms with Crippen LogP contribution in [0.15, 0.2) is 119 Å². The number of halogens is 2. The van der Waals surface area contributed by atoms with E-state index in [9.17, 15) is 18.0 Å². The van der Waals surface area contributed by atoms with Gasteiger partial charge < -0.3 is 10.2 Å². The Bertz CT molecular complexity index is 1650. The van der Waals surface area contributed by atoms with E-state index in [0.29, 0.717) is 12.2 Å². The summed E-state index contributed by atoms with van der Waals surface area (Å²) in [7, 11) is -4.13. The van der Waals surface area contributed by atoms with Crippen LogP contribution in [0, 0.1) is 9.49 Å². The number of benzene rings is 4. The number of hydrogen-bond acceptors (Lipinski definition) is 4. The smallest absolute Gasteiger partial charge is 0.264 e. The van der Waals surface area contributed by atoms with E-state index >= 15 is 0 Å². The summed E-state index contributed by atoms with van der Waals surface area (Å²) in [4.78, 5) is 29.9. The zero-order valence-corrected chi connectivity index (χ0v) is 29.1. The minimum absolute atomic E-state index is 0.0698. The van der Waals surface area contributed by atoms with Crippen LogP contribution >= 0.6 is 38.5 Å². The molecule has 44 heavy (non-hydrogen) atoms. The fourth-order valence-corrected chi connectivity index (χ4v) is 6.91. The molecule has 0 radical (unpaired) electrons. The molecule has 4 rings (SSSR count). The predicted octanol–water partition coefficient (Wildman–Crippen LogP) is 6.66. The quantitative estimate of drug-likeness (QED) is 0.154. The molecule has 0 fully saturated rings. The maximum atomic E-state index is 14.5. The van der Waals surface area contributed by atoms with Gasteiger partial charge in [-0.05, 0) is 88.2 Å². The Balaban J connectivity index is 1.79. The lowest BCUT2D eigenvalue weighted by Gasteiger charge is -2.34. The van der Waals surface area contributed by atoms with Gasteiger partial charge in [-0.2, -0.15) is 0 Å².